The lowest BCUT2D eigenvalue weighted by Crippen LogP contribution is -2.16. The number of nitrogens with two attached hydrogens (primary N) is 1. The van der Waals surface area contributed by atoms with Crippen molar-refractivity contribution in [2.75, 3.05) is 18.2 Å². The molecule has 1 aromatic heterocycles. The van der Waals surface area contributed by atoms with Gasteiger partial charge in [0.25, 0.3) is 5.91 Å². The molecule has 2 aromatic carbocycles. The van der Waals surface area contributed by atoms with Gasteiger partial charge in [-0.3, -0.25) is 4.79 Å². The lowest BCUT2D eigenvalue weighted by atomic mass is 10.1. The minimum absolute atomic E-state index is 0.0224. The van der Waals surface area contributed by atoms with Crippen molar-refractivity contribution in [2.24, 2.45) is 0 Å². The summed E-state index contributed by atoms with van der Waals surface area (Å²) in [5.41, 5.74) is 6.31. The molecule has 0 aliphatic rings. The molecule has 13 heteroatoms. The van der Waals surface area contributed by atoms with Gasteiger partial charge < -0.3 is 25.2 Å². The van der Waals surface area contributed by atoms with E-state index < -0.39 is 23.8 Å². The van der Waals surface area contributed by atoms with Gasteiger partial charge in [0, 0.05) is 17.3 Å². The maximum absolute atomic E-state index is 14.1. The third-order valence-electron chi connectivity index (χ3n) is 4.42. The summed E-state index contributed by atoms with van der Waals surface area (Å²) in [7, 11) is 6.22. The second kappa shape index (κ2) is 11.4. The van der Waals surface area contributed by atoms with Gasteiger partial charge >= 0.3 is 14.0 Å². The standard InChI is InChI=1S/C22H14BCl2FN4O5/c1-33-22(32)11-2-4-12(5-3-11)28-21(31)15-10-17(20(27)30-29-15)35-16(8-9-34-23)18-13(24)6-7-14(26)19(18)25/h2-7,10,16H,1H3,(H2,27,30)(H,28,31)/t16-/m1/s1. The first-order valence-electron chi connectivity index (χ1n) is 9.54. The van der Waals surface area contributed by atoms with E-state index in [-0.39, 0.29) is 32.9 Å². The Labute approximate surface area is 210 Å². The molecule has 0 bridgehead atoms. The van der Waals surface area contributed by atoms with Gasteiger partial charge in [-0.1, -0.05) is 23.2 Å². The van der Waals surface area contributed by atoms with Crippen LogP contribution in [0.5, 0.6) is 5.75 Å². The van der Waals surface area contributed by atoms with Crippen LogP contribution in [0.3, 0.4) is 0 Å². The maximum Gasteiger partial charge on any atom is 0.392 e. The Morgan fingerprint density at radius 1 is 1.17 bits per heavy atom. The summed E-state index contributed by atoms with van der Waals surface area (Å²) in [5.74, 6) is 0.198. The predicted octanol–water partition coefficient (Wildman–Crippen LogP) is 3.72. The molecule has 0 saturated heterocycles. The number of rotatable bonds is 6. The highest BCUT2D eigenvalue weighted by Gasteiger charge is 2.23. The van der Waals surface area contributed by atoms with Crippen molar-refractivity contribution in [3.8, 4) is 17.8 Å². The number of hydrogen-bond acceptors (Lipinski definition) is 8. The lowest BCUT2D eigenvalue weighted by Gasteiger charge is -2.18. The molecule has 0 aliphatic heterocycles. The Balaban J connectivity index is 1.88. The number of nitrogen functional groups attached to an aromatic ring is 1. The third kappa shape index (κ3) is 6.12. The number of benzene rings is 2. The number of amides is 1. The van der Waals surface area contributed by atoms with Crippen molar-refractivity contribution in [1.29, 1.82) is 0 Å². The quantitative estimate of drug-likeness (QED) is 0.220. The number of hydrogen-bond donors (Lipinski definition) is 2. The molecule has 0 saturated carbocycles. The molecule has 1 atom stereocenters. The van der Waals surface area contributed by atoms with Crippen LogP contribution in [0.25, 0.3) is 0 Å². The molecule has 35 heavy (non-hydrogen) atoms. The second-order valence-electron chi connectivity index (χ2n) is 6.62. The van der Waals surface area contributed by atoms with Gasteiger partial charge in [0.15, 0.2) is 23.4 Å². The summed E-state index contributed by atoms with van der Waals surface area (Å²) in [4.78, 5) is 24.2. The molecule has 0 spiro atoms. The van der Waals surface area contributed by atoms with Gasteiger partial charge in [0.2, 0.25) is 0 Å². The van der Waals surface area contributed by atoms with E-state index in [9.17, 15) is 14.0 Å². The molecule has 1 amide bonds. The van der Waals surface area contributed by atoms with E-state index in [1.807, 2.05) is 0 Å². The number of aromatic nitrogens is 2. The minimum atomic E-state index is -1.30. The molecule has 0 aliphatic carbocycles. The summed E-state index contributed by atoms with van der Waals surface area (Å²) in [6, 6.07) is 9.47. The Morgan fingerprint density at radius 3 is 2.54 bits per heavy atom. The summed E-state index contributed by atoms with van der Waals surface area (Å²) < 4.78 is 28.7. The topological polar surface area (TPSA) is 126 Å². The van der Waals surface area contributed by atoms with Crippen LogP contribution in [0.1, 0.15) is 32.5 Å². The first-order valence-corrected chi connectivity index (χ1v) is 10.3. The maximum atomic E-state index is 14.1. The second-order valence-corrected chi connectivity index (χ2v) is 7.41. The van der Waals surface area contributed by atoms with Gasteiger partial charge in [-0.15, -0.1) is 10.2 Å². The van der Waals surface area contributed by atoms with Crippen LogP contribution in [0, 0.1) is 17.8 Å². The normalized spacial score (nSPS) is 11.0. The molecule has 9 nitrogen and oxygen atoms in total. The van der Waals surface area contributed by atoms with Crippen molar-refractivity contribution in [1.82, 2.24) is 10.2 Å². The summed E-state index contributed by atoms with van der Waals surface area (Å²) >= 11 is 12.2. The number of carbonyl (C=O) groups is 2. The van der Waals surface area contributed by atoms with E-state index >= 15 is 0 Å². The average Bonchev–Trinajstić information content (AvgIpc) is 2.86. The molecule has 176 valence electrons. The number of halogens is 3. The Kier molecular flexibility index (Phi) is 8.36. The van der Waals surface area contributed by atoms with Crippen molar-refractivity contribution >= 4 is 54.6 Å². The summed E-state index contributed by atoms with van der Waals surface area (Å²) in [6.45, 7) is 0. The van der Waals surface area contributed by atoms with Crippen molar-refractivity contribution in [2.45, 2.75) is 6.10 Å². The Bertz CT molecular complexity index is 1330. The fraction of sp³-hybridized carbons (Fsp3) is 0.0909. The van der Waals surface area contributed by atoms with Crippen molar-refractivity contribution in [3.63, 3.8) is 0 Å². The molecule has 0 fully saturated rings. The van der Waals surface area contributed by atoms with Crippen LogP contribution >= 0.6 is 23.2 Å². The first-order chi connectivity index (χ1) is 16.7. The number of ether oxygens (including phenoxy) is 2. The number of esters is 1. The van der Waals surface area contributed by atoms with E-state index in [1.165, 1.54) is 43.5 Å². The van der Waals surface area contributed by atoms with Crippen LogP contribution in [-0.4, -0.2) is 37.2 Å². The van der Waals surface area contributed by atoms with Crippen LogP contribution < -0.4 is 15.8 Å². The van der Waals surface area contributed by atoms with Crippen LogP contribution in [0.2, 0.25) is 10.0 Å². The Morgan fingerprint density at radius 2 is 1.89 bits per heavy atom. The molecule has 1 heterocycles. The highest BCUT2D eigenvalue weighted by Crippen LogP contribution is 2.36. The summed E-state index contributed by atoms with van der Waals surface area (Å²) in [5, 5.41) is 9.75. The van der Waals surface area contributed by atoms with Crippen LogP contribution in [-0.2, 0) is 9.39 Å². The predicted molar refractivity (Wildman–Crippen MR) is 127 cm³/mol. The van der Waals surface area contributed by atoms with E-state index in [0.717, 1.165) is 6.07 Å². The number of anilines is 2. The zero-order valence-corrected chi connectivity index (χ0v) is 19.4. The van der Waals surface area contributed by atoms with Gasteiger partial charge in [-0.2, -0.15) is 0 Å². The van der Waals surface area contributed by atoms with Gasteiger partial charge in [-0.25, -0.2) is 9.18 Å². The first kappa shape index (κ1) is 25.6. The highest BCUT2D eigenvalue weighted by molar-refractivity contribution is 6.36. The monoisotopic (exact) mass is 514 g/mol. The van der Waals surface area contributed by atoms with Gasteiger partial charge in [0.1, 0.15) is 5.82 Å². The fourth-order valence-electron chi connectivity index (χ4n) is 2.75. The number of carbonyl (C=O) groups excluding carboxylic acids is 2. The Hall–Kier alpha value is -4.01. The van der Waals surface area contributed by atoms with E-state index in [4.69, 9.17) is 41.7 Å². The molecule has 3 aromatic rings. The zero-order chi connectivity index (χ0) is 25.5. The summed E-state index contributed by atoms with van der Waals surface area (Å²) in [6.07, 6.45) is 0.818. The van der Waals surface area contributed by atoms with Crippen molar-refractivity contribution < 1.29 is 28.1 Å². The smallest absolute Gasteiger partial charge is 0.392 e. The number of methoxy groups -OCH3 is 1. The lowest BCUT2D eigenvalue weighted by molar-refractivity contribution is 0.0600. The van der Waals surface area contributed by atoms with Gasteiger partial charge in [-0.05, 0) is 42.3 Å². The minimum Gasteiger partial charge on any atom is -0.527 e. The van der Waals surface area contributed by atoms with Crippen LogP contribution in [0.15, 0.2) is 42.5 Å². The molecule has 2 radical (unpaired) electrons. The molecular formula is C22H14BCl2FN4O5. The highest BCUT2D eigenvalue weighted by atomic mass is 35.5. The van der Waals surface area contributed by atoms with E-state index in [1.54, 1.807) is 0 Å². The average molecular weight is 515 g/mol. The van der Waals surface area contributed by atoms with Gasteiger partial charge in [0.05, 0.1) is 28.8 Å². The SMILES string of the molecule is [B]OC#C[C@@H](Oc1cc(C(=O)Nc2ccc(C(=O)OC)cc2)nnc1N)c1c(Cl)ccc(F)c1Cl. The van der Waals surface area contributed by atoms with E-state index in [2.05, 4.69) is 36.9 Å². The number of nitrogens with zero attached hydrogens (tertiary/aromatic N) is 2. The van der Waals surface area contributed by atoms with E-state index in [0.29, 0.717) is 11.3 Å². The molecule has 3 rings (SSSR count). The van der Waals surface area contributed by atoms with Crippen molar-refractivity contribution in [3.05, 3.63) is 75.1 Å². The molecule has 3 N–H and O–H groups in total. The number of nitrogens with one attached hydrogen (secondary N) is 1. The fourth-order valence-corrected chi connectivity index (χ4v) is 3.32. The largest absolute Gasteiger partial charge is 0.527 e. The van der Waals surface area contributed by atoms with Crippen LogP contribution in [0.4, 0.5) is 15.9 Å². The molecule has 0 unspecified atom stereocenters. The molecular weight excluding hydrogens is 501 g/mol. The zero-order valence-electron chi connectivity index (χ0n) is 17.8. The third-order valence-corrected chi connectivity index (χ3v) is 5.13.